The number of aromatic nitrogens is 1. The molecular weight excluding hydrogens is 240 g/mol. The fourth-order valence-electron chi connectivity index (χ4n) is 2.57. The third-order valence-corrected chi connectivity index (χ3v) is 5.14. The number of rotatable bonds is 3. The predicted molar refractivity (Wildman–Crippen MR) is 76.2 cm³/mol. The summed E-state index contributed by atoms with van der Waals surface area (Å²) in [6.45, 7) is 2.18. The van der Waals surface area contributed by atoms with Gasteiger partial charge in [-0.3, -0.25) is 0 Å². The highest BCUT2D eigenvalue weighted by atomic mass is 32.1. The zero-order valence-electron chi connectivity index (χ0n) is 10.8. The second-order valence-corrected chi connectivity index (χ2v) is 6.08. The first kappa shape index (κ1) is 11.9. The highest BCUT2D eigenvalue weighted by Gasteiger charge is 2.25. The molecule has 1 aromatic carbocycles. The lowest BCUT2D eigenvalue weighted by molar-refractivity contribution is 0.662. The Labute approximate surface area is 112 Å². The van der Waals surface area contributed by atoms with Crippen LogP contribution in [0, 0.1) is 0 Å². The maximum absolute atomic E-state index is 4.63. The summed E-state index contributed by atoms with van der Waals surface area (Å²) in [6.07, 6.45) is 4.33. The Kier molecular flexibility index (Phi) is 3.18. The molecular formula is C15H18N2S. The summed E-state index contributed by atoms with van der Waals surface area (Å²) < 4.78 is 0. The van der Waals surface area contributed by atoms with Gasteiger partial charge in [0.15, 0.2) is 0 Å². The lowest BCUT2D eigenvalue weighted by atomic mass is 10.1. The molecule has 1 aliphatic carbocycles. The number of nitrogens with one attached hydrogen (secondary N) is 1. The Morgan fingerprint density at radius 3 is 2.56 bits per heavy atom. The molecule has 2 aromatic rings. The molecule has 0 radical (unpaired) electrons. The van der Waals surface area contributed by atoms with Crippen molar-refractivity contribution in [3.05, 3.63) is 51.5 Å². The van der Waals surface area contributed by atoms with E-state index in [9.17, 15) is 0 Å². The quantitative estimate of drug-likeness (QED) is 0.913. The fraction of sp³-hybridized carbons (Fsp3) is 0.400. The molecule has 1 aliphatic rings. The first-order valence-corrected chi connectivity index (χ1v) is 7.29. The van der Waals surface area contributed by atoms with Crippen LogP contribution in [-0.2, 0) is 12.8 Å². The summed E-state index contributed by atoms with van der Waals surface area (Å²) in [4.78, 5) is 5.97. The maximum atomic E-state index is 4.63. The molecule has 1 unspecified atom stereocenters. The molecule has 0 bridgehead atoms. The van der Waals surface area contributed by atoms with Crippen molar-refractivity contribution in [1.29, 1.82) is 0 Å². The highest BCUT2D eigenvalue weighted by Crippen LogP contribution is 2.36. The molecule has 1 N–H and O–H groups in total. The van der Waals surface area contributed by atoms with E-state index in [4.69, 9.17) is 0 Å². The minimum atomic E-state index is 0.403. The van der Waals surface area contributed by atoms with E-state index < -0.39 is 0 Å². The van der Waals surface area contributed by atoms with Gasteiger partial charge in [-0.05, 0) is 37.9 Å². The second-order valence-electron chi connectivity index (χ2n) is 4.99. The van der Waals surface area contributed by atoms with E-state index in [1.165, 1.54) is 21.0 Å². The summed E-state index contributed by atoms with van der Waals surface area (Å²) in [5.74, 6) is 0.588. The van der Waals surface area contributed by atoms with Crippen LogP contribution in [0.25, 0.3) is 0 Å². The van der Waals surface area contributed by atoms with Crippen molar-refractivity contribution in [1.82, 2.24) is 10.3 Å². The van der Waals surface area contributed by atoms with Crippen LogP contribution >= 0.6 is 11.3 Å². The van der Waals surface area contributed by atoms with E-state index in [-0.39, 0.29) is 0 Å². The van der Waals surface area contributed by atoms with E-state index in [0.717, 1.165) is 12.8 Å². The molecule has 18 heavy (non-hydrogen) atoms. The van der Waals surface area contributed by atoms with Crippen LogP contribution in [0.2, 0.25) is 0 Å². The topological polar surface area (TPSA) is 24.9 Å². The van der Waals surface area contributed by atoms with E-state index in [1.807, 2.05) is 24.6 Å². The second kappa shape index (κ2) is 4.82. The van der Waals surface area contributed by atoms with Gasteiger partial charge in [0.1, 0.15) is 0 Å². The number of nitrogens with zero attached hydrogens (tertiary/aromatic N) is 1. The average molecular weight is 258 g/mol. The van der Waals surface area contributed by atoms with Crippen molar-refractivity contribution in [2.75, 3.05) is 7.05 Å². The monoisotopic (exact) mass is 258 g/mol. The zero-order valence-corrected chi connectivity index (χ0v) is 11.6. The number of thiazole rings is 1. The summed E-state index contributed by atoms with van der Waals surface area (Å²) in [5.41, 5.74) is 3.00. The van der Waals surface area contributed by atoms with Crippen molar-refractivity contribution in [2.24, 2.45) is 0 Å². The van der Waals surface area contributed by atoms with Gasteiger partial charge in [0.05, 0.1) is 5.01 Å². The molecule has 0 spiro atoms. The molecule has 1 atom stereocenters. The van der Waals surface area contributed by atoms with Crippen molar-refractivity contribution >= 4 is 11.3 Å². The van der Waals surface area contributed by atoms with E-state index >= 15 is 0 Å². The number of hydrogen-bond acceptors (Lipinski definition) is 3. The van der Waals surface area contributed by atoms with Crippen LogP contribution in [0.5, 0.6) is 0 Å². The van der Waals surface area contributed by atoms with E-state index in [0.29, 0.717) is 12.0 Å². The van der Waals surface area contributed by atoms with Gasteiger partial charge in [-0.2, -0.15) is 0 Å². The standard InChI is InChI=1S/C15H18N2S/c1-10(16-2)14-9-17-15(18-14)13-7-11-5-3-4-6-12(11)8-13/h3-6,9-10,13,16H,7-8H2,1-2H3. The van der Waals surface area contributed by atoms with Crippen LogP contribution in [-0.4, -0.2) is 12.0 Å². The molecule has 1 heterocycles. The first-order chi connectivity index (χ1) is 8.78. The van der Waals surface area contributed by atoms with Gasteiger partial charge in [-0.15, -0.1) is 11.3 Å². The van der Waals surface area contributed by atoms with Crippen molar-refractivity contribution in [3.8, 4) is 0 Å². The van der Waals surface area contributed by atoms with E-state index in [1.54, 1.807) is 0 Å². The van der Waals surface area contributed by atoms with Gasteiger partial charge in [0, 0.05) is 23.0 Å². The molecule has 0 saturated carbocycles. The summed E-state index contributed by atoms with van der Waals surface area (Å²) >= 11 is 1.86. The zero-order chi connectivity index (χ0) is 12.5. The average Bonchev–Trinajstić information content (AvgIpc) is 3.03. The Hall–Kier alpha value is -1.19. The lowest BCUT2D eigenvalue weighted by Gasteiger charge is -2.06. The SMILES string of the molecule is CNC(C)c1cnc(C2Cc3ccccc3C2)s1. The Balaban J connectivity index is 1.80. The van der Waals surface area contributed by atoms with Crippen LogP contribution in [0.15, 0.2) is 30.5 Å². The molecule has 1 aromatic heterocycles. The van der Waals surface area contributed by atoms with Crippen molar-refractivity contribution < 1.29 is 0 Å². The smallest absolute Gasteiger partial charge is 0.0965 e. The molecule has 0 amide bonds. The van der Waals surface area contributed by atoms with Gasteiger partial charge in [0.2, 0.25) is 0 Å². The Bertz CT molecular complexity index is 522. The minimum Gasteiger partial charge on any atom is -0.312 e. The van der Waals surface area contributed by atoms with Crippen LogP contribution in [0.1, 0.15) is 39.9 Å². The summed E-state index contributed by atoms with van der Waals surface area (Å²) in [5, 5.41) is 4.57. The maximum Gasteiger partial charge on any atom is 0.0965 e. The number of benzene rings is 1. The molecule has 3 rings (SSSR count). The predicted octanol–water partition coefficient (Wildman–Crippen LogP) is 3.31. The van der Waals surface area contributed by atoms with Crippen LogP contribution in [0.4, 0.5) is 0 Å². The number of fused-ring (bicyclic) bond motifs is 1. The summed E-state index contributed by atoms with van der Waals surface area (Å²) in [6, 6.07) is 9.18. The Morgan fingerprint density at radius 1 is 1.28 bits per heavy atom. The fourth-order valence-corrected chi connectivity index (χ4v) is 3.65. The normalized spacial score (nSPS) is 16.8. The van der Waals surface area contributed by atoms with Gasteiger partial charge < -0.3 is 5.32 Å². The first-order valence-electron chi connectivity index (χ1n) is 6.47. The Morgan fingerprint density at radius 2 is 1.94 bits per heavy atom. The molecule has 0 aliphatic heterocycles. The molecule has 94 valence electrons. The highest BCUT2D eigenvalue weighted by molar-refractivity contribution is 7.11. The molecule has 3 heteroatoms. The van der Waals surface area contributed by atoms with Crippen LogP contribution < -0.4 is 5.32 Å². The van der Waals surface area contributed by atoms with Crippen molar-refractivity contribution in [3.63, 3.8) is 0 Å². The van der Waals surface area contributed by atoms with E-state index in [2.05, 4.69) is 41.5 Å². The van der Waals surface area contributed by atoms with Gasteiger partial charge in [-0.25, -0.2) is 4.98 Å². The largest absolute Gasteiger partial charge is 0.312 e. The molecule has 0 fully saturated rings. The van der Waals surface area contributed by atoms with Gasteiger partial charge in [0.25, 0.3) is 0 Å². The van der Waals surface area contributed by atoms with Gasteiger partial charge in [-0.1, -0.05) is 24.3 Å². The lowest BCUT2D eigenvalue weighted by Crippen LogP contribution is -2.10. The third-order valence-electron chi connectivity index (χ3n) is 3.80. The molecule has 2 nitrogen and oxygen atoms in total. The number of hydrogen-bond donors (Lipinski definition) is 1. The third kappa shape index (κ3) is 2.08. The summed E-state index contributed by atoms with van der Waals surface area (Å²) in [7, 11) is 2.00. The minimum absolute atomic E-state index is 0.403. The van der Waals surface area contributed by atoms with Gasteiger partial charge >= 0.3 is 0 Å². The van der Waals surface area contributed by atoms with Crippen molar-refractivity contribution in [2.45, 2.75) is 31.7 Å². The van der Waals surface area contributed by atoms with Crippen LogP contribution in [0.3, 0.4) is 0 Å². The molecule has 0 saturated heterocycles.